The van der Waals surface area contributed by atoms with Crippen LogP contribution < -0.4 is 10.6 Å². The molecule has 0 saturated carbocycles. The minimum Gasteiger partial charge on any atom is -0.325 e. The summed E-state index contributed by atoms with van der Waals surface area (Å²) in [4.78, 5) is 12.1. The second-order valence-electron chi connectivity index (χ2n) is 4.68. The Kier molecular flexibility index (Phi) is 5.47. The van der Waals surface area contributed by atoms with Crippen molar-refractivity contribution >= 4 is 23.4 Å². The summed E-state index contributed by atoms with van der Waals surface area (Å²) in [5.41, 5.74) is -4.58. The number of hydrogen-bond acceptors (Lipinski definition) is 3. The molecule has 0 bridgehead atoms. The van der Waals surface area contributed by atoms with Crippen molar-refractivity contribution in [3.05, 3.63) is 24.3 Å². The van der Waals surface area contributed by atoms with E-state index in [9.17, 15) is 18.0 Å². The fourth-order valence-corrected chi connectivity index (χ4v) is 2.09. The van der Waals surface area contributed by atoms with E-state index < -0.39 is 11.0 Å². The number of carbonyl (C=O) groups is 1. The van der Waals surface area contributed by atoms with Gasteiger partial charge in [-0.2, -0.15) is 13.2 Å². The monoisotopic (exact) mass is 306 g/mol. The highest BCUT2D eigenvalue weighted by Gasteiger charge is 2.29. The predicted octanol–water partition coefficient (Wildman–Crippen LogP) is 3.63. The number of amides is 1. The standard InChI is InChI=1S/C13H17F3N2OS/c1-4-17-12(2,3)11(19)18-9-5-7-10(8-6-9)20-13(14,15)16/h5-8,17H,4H2,1-3H3,(H,18,19). The van der Waals surface area contributed by atoms with Crippen LogP contribution in [0.4, 0.5) is 18.9 Å². The van der Waals surface area contributed by atoms with Gasteiger partial charge in [0.25, 0.3) is 0 Å². The summed E-state index contributed by atoms with van der Waals surface area (Å²) in [6, 6.07) is 5.56. The second kappa shape index (κ2) is 6.49. The number of hydrogen-bond donors (Lipinski definition) is 2. The Labute approximate surface area is 120 Å². The van der Waals surface area contributed by atoms with Crippen LogP contribution in [0.15, 0.2) is 29.2 Å². The summed E-state index contributed by atoms with van der Waals surface area (Å²) in [5, 5.41) is 5.68. The van der Waals surface area contributed by atoms with Crippen molar-refractivity contribution in [2.75, 3.05) is 11.9 Å². The number of carbonyl (C=O) groups excluding carboxylic acids is 1. The lowest BCUT2D eigenvalue weighted by Crippen LogP contribution is -2.49. The van der Waals surface area contributed by atoms with Gasteiger partial charge in [-0.3, -0.25) is 4.79 Å². The smallest absolute Gasteiger partial charge is 0.325 e. The number of anilines is 1. The lowest BCUT2D eigenvalue weighted by Gasteiger charge is -2.24. The van der Waals surface area contributed by atoms with Gasteiger partial charge in [0.05, 0.1) is 5.54 Å². The molecular weight excluding hydrogens is 289 g/mol. The van der Waals surface area contributed by atoms with Gasteiger partial charge in [0.2, 0.25) is 5.91 Å². The van der Waals surface area contributed by atoms with E-state index in [4.69, 9.17) is 0 Å². The molecule has 20 heavy (non-hydrogen) atoms. The van der Waals surface area contributed by atoms with Gasteiger partial charge in [-0.1, -0.05) is 6.92 Å². The number of nitrogens with one attached hydrogen (secondary N) is 2. The van der Waals surface area contributed by atoms with Crippen LogP contribution in [0.1, 0.15) is 20.8 Å². The SMILES string of the molecule is CCNC(C)(C)C(=O)Nc1ccc(SC(F)(F)F)cc1. The van der Waals surface area contributed by atoms with Gasteiger partial charge in [-0.25, -0.2) is 0 Å². The van der Waals surface area contributed by atoms with Crippen molar-refractivity contribution in [1.82, 2.24) is 5.32 Å². The van der Waals surface area contributed by atoms with Crippen LogP contribution in [0.25, 0.3) is 0 Å². The predicted molar refractivity (Wildman–Crippen MR) is 74.7 cm³/mol. The summed E-state index contributed by atoms with van der Waals surface area (Å²) in [6.45, 7) is 6.00. The first kappa shape index (κ1) is 16.8. The molecule has 0 saturated heterocycles. The highest BCUT2D eigenvalue weighted by atomic mass is 32.2. The van der Waals surface area contributed by atoms with Gasteiger partial charge in [-0.05, 0) is 56.4 Å². The molecule has 0 aliphatic rings. The van der Waals surface area contributed by atoms with Crippen molar-refractivity contribution in [2.24, 2.45) is 0 Å². The Morgan fingerprint density at radius 2 is 1.75 bits per heavy atom. The molecule has 1 aromatic carbocycles. The Balaban J connectivity index is 2.68. The van der Waals surface area contributed by atoms with Gasteiger partial charge >= 0.3 is 5.51 Å². The minimum absolute atomic E-state index is 0.0847. The maximum absolute atomic E-state index is 12.2. The molecule has 2 N–H and O–H groups in total. The lowest BCUT2D eigenvalue weighted by molar-refractivity contribution is -0.121. The molecule has 0 atom stereocenters. The molecule has 7 heteroatoms. The molecule has 0 aliphatic heterocycles. The molecule has 112 valence electrons. The molecule has 1 amide bonds. The van der Waals surface area contributed by atoms with Gasteiger partial charge in [0, 0.05) is 10.6 Å². The maximum Gasteiger partial charge on any atom is 0.446 e. The third kappa shape index (κ3) is 5.42. The van der Waals surface area contributed by atoms with E-state index in [1.165, 1.54) is 24.3 Å². The van der Waals surface area contributed by atoms with Gasteiger partial charge < -0.3 is 10.6 Å². The number of rotatable bonds is 5. The molecular formula is C13H17F3N2OS. The van der Waals surface area contributed by atoms with Crippen LogP contribution in [0, 0.1) is 0 Å². The molecule has 1 aromatic rings. The zero-order valence-corrected chi connectivity index (χ0v) is 12.3. The molecule has 0 aromatic heterocycles. The van der Waals surface area contributed by atoms with E-state index in [0.29, 0.717) is 12.2 Å². The fourth-order valence-electron chi connectivity index (χ4n) is 1.55. The van der Waals surface area contributed by atoms with Crippen molar-refractivity contribution in [3.63, 3.8) is 0 Å². The highest BCUT2D eigenvalue weighted by Crippen LogP contribution is 2.37. The van der Waals surface area contributed by atoms with E-state index in [2.05, 4.69) is 10.6 Å². The van der Waals surface area contributed by atoms with Crippen molar-refractivity contribution in [2.45, 2.75) is 36.7 Å². The van der Waals surface area contributed by atoms with Gasteiger partial charge in [0.15, 0.2) is 0 Å². The summed E-state index contributed by atoms with van der Waals surface area (Å²) in [7, 11) is 0. The highest BCUT2D eigenvalue weighted by molar-refractivity contribution is 8.00. The third-order valence-corrected chi connectivity index (χ3v) is 3.27. The average Bonchev–Trinajstić information content (AvgIpc) is 2.29. The quantitative estimate of drug-likeness (QED) is 0.816. The van der Waals surface area contributed by atoms with Crippen LogP contribution in [0.2, 0.25) is 0 Å². The lowest BCUT2D eigenvalue weighted by atomic mass is 10.0. The number of likely N-dealkylation sites (N-methyl/N-ethyl adjacent to an activating group) is 1. The normalized spacial score (nSPS) is 12.3. The van der Waals surface area contributed by atoms with E-state index in [1.54, 1.807) is 13.8 Å². The van der Waals surface area contributed by atoms with Crippen LogP contribution >= 0.6 is 11.8 Å². The van der Waals surface area contributed by atoms with Crippen molar-refractivity contribution in [3.8, 4) is 0 Å². The summed E-state index contributed by atoms with van der Waals surface area (Å²) in [6.07, 6.45) is 0. The first-order valence-corrected chi connectivity index (χ1v) is 6.88. The topological polar surface area (TPSA) is 41.1 Å². The molecule has 0 fully saturated rings. The summed E-state index contributed by atoms with van der Waals surface area (Å²) in [5.74, 6) is -0.240. The van der Waals surface area contributed by atoms with E-state index >= 15 is 0 Å². The third-order valence-electron chi connectivity index (χ3n) is 2.53. The number of alkyl halides is 3. The maximum atomic E-state index is 12.2. The van der Waals surface area contributed by atoms with Crippen LogP contribution in [0.5, 0.6) is 0 Å². The fraction of sp³-hybridized carbons (Fsp3) is 0.462. The van der Waals surface area contributed by atoms with Crippen LogP contribution in [-0.2, 0) is 4.79 Å². The number of benzene rings is 1. The Bertz CT molecular complexity index is 458. The van der Waals surface area contributed by atoms with Gasteiger partial charge in [-0.15, -0.1) is 0 Å². The molecule has 0 radical (unpaired) electrons. The molecule has 0 aliphatic carbocycles. The van der Waals surface area contributed by atoms with E-state index in [1.807, 2.05) is 6.92 Å². The molecule has 3 nitrogen and oxygen atoms in total. The zero-order chi connectivity index (χ0) is 15.4. The first-order chi connectivity index (χ1) is 9.14. The molecule has 1 rings (SSSR count). The zero-order valence-electron chi connectivity index (χ0n) is 11.5. The van der Waals surface area contributed by atoms with E-state index in [0.717, 1.165) is 0 Å². The Hall–Kier alpha value is -1.21. The minimum atomic E-state index is -4.31. The Morgan fingerprint density at radius 1 is 1.20 bits per heavy atom. The number of halogens is 3. The molecule has 0 spiro atoms. The molecule has 0 unspecified atom stereocenters. The summed E-state index contributed by atoms with van der Waals surface area (Å²) >= 11 is -0.183. The number of thioether (sulfide) groups is 1. The van der Waals surface area contributed by atoms with Gasteiger partial charge in [0.1, 0.15) is 0 Å². The van der Waals surface area contributed by atoms with Crippen molar-refractivity contribution < 1.29 is 18.0 Å². The van der Waals surface area contributed by atoms with Crippen molar-refractivity contribution in [1.29, 1.82) is 0 Å². The second-order valence-corrected chi connectivity index (χ2v) is 5.82. The summed E-state index contributed by atoms with van der Waals surface area (Å²) < 4.78 is 36.5. The van der Waals surface area contributed by atoms with E-state index in [-0.39, 0.29) is 22.6 Å². The largest absolute Gasteiger partial charge is 0.446 e. The first-order valence-electron chi connectivity index (χ1n) is 6.06. The molecule has 0 heterocycles. The Morgan fingerprint density at radius 3 is 2.20 bits per heavy atom. The average molecular weight is 306 g/mol. The van der Waals surface area contributed by atoms with Crippen LogP contribution in [0.3, 0.4) is 0 Å². The van der Waals surface area contributed by atoms with Crippen LogP contribution in [-0.4, -0.2) is 23.5 Å².